The van der Waals surface area contributed by atoms with Gasteiger partial charge in [0.25, 0.3) is 0 Å². The zero-order valence-electron chi connectivity index (χ0n) is 10.4. The number of phosphoric ester groups is 1. The zero-order chi connectivity index (χ0) is 13.2. The third-order valence-corrected chi connectivity index (χ3v) is 3.88. The molecule has 1 atom stereocenters. The van der Waals surface area contributed by atoms with Gasteiger partial charge < -0.3 is 14.5 Å². The molecular weight excluding hydrogens is 259 g/mol. The normalized spacial score (nSPS) is 32.6. The summed E-state index contributed by atoms with van der Waals surface area (Å²) in [5.74, 6) is 0.991. The average Bonchev–Trinajstić information content (AvgIpc) is 2.28. The lowest BCUT2D eigenvalue weighted by atomic mass is 9.86. The Morgan fingerprint density at radius 2 is 2.11 bits per heavy atom. The molecule has 2 N–H and O–H groups in total. The quantitative estimate of drug-likeness (QED) is 0.444. The van der Waals surface area contributed by atoms with E-state index in [1.807, 2.05) is 0 Å². The van der Waals surface area contributed by atoms with Crippen LogP contribution in [0.2, 0.25) is 0 Å². The summed E-state index contributed by atoms with van der Waals surface area (Å²) >= 11 is 0. The van der Waals surface area contributed by atoms with E-state index in [2.05, 4.69) is 14.4 Å². The first kappa shape index (κ1) is 14.0. The Labute approximate surface area is 106 Å². The van der Waals surface area contributed by atoms with Crippen LogP contribution in [0.25, 0.3) is 0 Å². The molecule has 104 valence electrons. The Bertz CT molecular complexity index is 361. The first-order valence-corrected chi connectivity index (χ1v) is 7.57. The van der Waals surface area contributed by atoms with Gasteiger partial charge in [0.1, 0.15) is 6.10 Å². The van der Waals surface area contributed by atoms with Crippen molar-refractivity contribution in [2.75, 3.05) is 26.4 Å². The number of hydrogen-bond donors (Lipinski definition) is 2. The van der Waals surface area contributed by atoms with Gasteiger partial charge >= 0.3 is 7.82 Å². The fraction of sp³-hybridized carbons (Fsp3) is 0.900. The van der Waals surface area contributed by atoms with Crippen molar-refractivity contribution in [3.8, 4) is 0 Å². The van der Waals surface area contributed by atoms with Crippen molar-refractivity contribution in [2.24, 2.45) is 10.9 Å². The molecule has 7 nitrogen and oxygen atoms in total. The highest BCUT2D eigenvalue weighted by Gasteiger charge is 2.35. The molecule has 3 fully saturated rings. The Kier molecular flexibility index (Phi) is 4.40. The van der Waals surface area contributed by atoms with Crippen molar-refractivity contribution in [1.29, 1.82) is 0 Å². The second kappa shape index (κ2) is 5.67. The van der Waals surface area contributed by atoms with Gasteiger partial charge in [0, 0.05) is 13.5 Å². The van der Waals surface area contributed by atoms with Crippen LogP contribution in [0.3, 0.4) is 0 Å². The Balaban J connectivity index is 1.78. The highest BCUT2D eigenvalue weighted by atomic mass is 31.2. The van der Waals surface area contributed by atoms with Crippen molar-refractivity contribution in [3.63, 3.8) is 0 Å². The van der Waals surface area contributed by atoms with Crippen LogP contribution in [0.4, 0.5) is 0 Å². The van der Waals surface area contributed by atoms with Crippen molar-refractivity contribution < 1.29 is 23.6 Å². The van der Waals surface area contributed by atoms with Crippen LogP contribution in [-0.2, 0) is 13.8 Å². The predicted molar refractivity (Wildman–Crippen MR) is 65.1 cm³/mol. The molecule has 0 aromatic rings. The molecule has 2 bridgehead atoms. The highest BCUT2D eigenvalue weighted by molar-refractivity contribution is 7.46. The van der Waals surface area contributed by atoms with Crippen LogP contribution in [-0.4, -0.2) is 53.1 Å². The molecule has 3 aliphatic rings. The van der Waals surface area contributed by atoms with Crippen LogP contribution < -0.4 is 0 Å². The maximum Gasteiger partial charge on any atom is 0.471 e. The van der Waals surface area contributed by atoms with Crippen molar-refractivity contribution in [1.82, 2.24) is 4.90 Å². The van der Waals surface area contributed by atoms with E-state index >= 15 is 0 Å². The van der Waals surface area contributed by atoms with Gasteiger partial charge in [0.2, 0.25) is 0 Å². The highest BCUT2D eigenvalue weighted by Crippen LogP contribution is 2.35. The predicted octanol–water partition coefficient (Wildman–Crippen LogP) is 0.582. The second-order valence-corrected chi connectivity index (χ2v) is 5.96. The van der Waals surface area contributed by atoms with Crippen LogP contribution in [0.15, 0.2) is 4.99 Å². The number of ether oxygens (including phenoxy) is 1. The smallest absolute Gasteiger partial charge is 0.471 e. The molecule has 0 radical (unpaired) electrons. The van der Waals surface area contributed by atoms with E-state index < -0.39 is 7.82 Å². The summed E-state index contributed by atoms with van der Waals surface area (Å²) < 4.78 is 20.4. The molecule has 18 heavy (non-hydrogen) atoms. The summed E-state index contributed by atoms with van der Waals surface area (Å²) in [5, 5.41) is 0. The lowest BCUT2D eigenvalue weighted by molar-refractivity contribution is -0.0154. The van der Waals surface area contributed by atoms with Gasteiger partial charge in [-0.25, -0.2) is 9.56 Å². The number of aliphatic imine (C=N–C) groups is 1. The lowest BCUT2D eigenvalue weighted by Crippen LogP contribution is -2.51. The first-order chi connectivity index (χ1) is 8.44. The van der Waals surface area contributed by atoms with E-state index in [1.165, 1.54) is 0 Å². The van der Waals surface area contributed by atoms with Crippen molar-refractivity contribution in [2.45, 2.75) is 25.9 Å². The van der Waals surface area contributed by atoms with Gasteiger partial charge in [-0.05, 0) is 31.8 Å². The van der Waals surface area contributed by atoms with Crippen LogP contribution in [0, 0.1) is 5.92 Å². The molecule has 0 aliphatic carbocycles. The van der Waals surface area contributed by atoms with Gasteiger partial charge in [-0.1, -0.05) is 0 Å². The van der Waals surface area contributed by atoms with Crippen molar-refractivity contribution in [3.05, 3.63) is 0 Å². The molecule has 1 unspecified atom stereocenters. The molecule has 0 saturated carbocycles. The Hall–Kier alpha value is -0.460. The summed E-state index contributed by atoms with van der Waals surface area (Å²) in [6, 6.07) is 0. The molecule has 3 saturated heterocycles. The maximum absolute atomic E-state index is 10.5. The Morgan fingerprint density at radius 1 is 1.44 bits per heavy atom. The molecular formula is C10H19N2O5P. The zero-order valence-corrected chi connectivity index (χ0v) is 11.3. The Morgan fingerprint density at radius 3 is 2.61 bits per heavy atom. The van der Waals surface area contributed by atoms with Gasteiger partial charge in [0.15, 0.2) is 12.6 Å². The van der Waals surface area contributed by atoms with Gasteiger partial charge in [0.05, 0.1) is 0 Å². The molecule has 3 aliphatic heterocycles. The average molecular weight is 278 g/mol. The van der Waals surface area contributed by atoms with Gasteiger partial charge in [-0.3, -0.25) is 9.42 Å². The summed E-state index contributed by atoms with van der Waals surface area (Å²) in [6.07, 6.45) is 2.44. The third-order valence-electron chi connectivity index (χ3n) is 3.43. The second-order valence-electron chi connectivity index (χ2n) is 4.72. The number of hydrogen-bond acceptors (Lipinski definition) is 5. The SMILES string of the molecule is C/C(=N\COP(=O)(O)O)OC1CN2CCC1CC2. The molecule has 0 aromatic carbocycles. The number of piperidine rings is 3. The first-order valence-electron chi connectivity index (χ1n) is 6.04. The molecule has 8 heteroatoms. The molecule has 0 aromatic heterocycles. The standard InChI is InChI=1S/C10H19N2O5P/c1-8(11-7-16-18(13,14)15)17-10-6-12-4-2-9(10)3-5-12/h9-10H,2-7H2,1H3,(H2,13,14,15)/b11-8+. The van der Waals surface area contributed by atoms with Crippen LogP contribution >= 0.6 is 7.82 Å². The molecule has 0 amide bonds. The van der Waals surface area contributed by atoms with Gasteiger partial charge in [-0.2, -0.15) is 0 Å². The van der Waals surface area contributed by atoms with E-state index in [0.717, 1.165) is 32.5 Å². The largest absolute Gasteiger partial charge is 0.476 e. The third kappa shape index (κ3) is 4.03. The van der Waals surface area contributed by atoms with E-state index in [4.69, 9.17) is 14.5 Å². The molecule has 3 rings (SSSR count). The monoisotopic (exact) mass is 278 g/mol. The summed E-state index contributed by atoms with van der Waals surface area (Å²) in [4.78, 5) is 23.2. The number of phosphoric acid groups is 1. The van der Waals surface area contributed by atoms with Crippen LogP contribution in [0.5, 0.6) is 0 Å². The van der Waals surface area contributed by atoms with Crippen molar-refractivity contribution >= 4 is 13.7 Å². The number of fused-ring (bicyclic) bond motifs is 3. The molecule has 3 heterocycles. The number of nitrogens with zero attached hydrogens (tertiary/aromatic N) is 2. The minimum absolute atomic E-state index is 0.145. The minimum Gasteiger partial charge on any atom is -0.476 e. The van der Waals surface area contributed by atoms with Gasteiger partial charge in [-0.15, -0.1) is 0 Å². The molecule has 0 spiro atoms. The summed E-state index contributed by atoms with van der Waals surface area (Å²) in [7, 11) is -4.45. The van der Waals surface area contributed by atoms with E-state index in [9.17, 15) is 4.57 Å². The van der Waals surface area contributed by atoms with E-state index in [-0.39, 0.29) is 12.8 Å². The topological polar surface area (TPSA) is 91.6 Å². The van der Waals surface area contributed by atoms with Crippen LogP contribution in [0.1, 0.15) is 19.8 Å². The summed E-state index contributed by atoms with van der Waals surface area (Å²) in [5.41, 5.74) is 0. The summed E-state index contributed by atoms with van der Waals surface area (Å²) in [6.45, 7) is 4.50. The minimum atomic E-state index is -4.45. The fourth-order valence-corrected chi connectivity index (χ4v) is 2.70. The van der Waals surface area contributed by atoms with E-state index in [0.29, 0.717) is 11.8 Å². The van der Waals surface area contributed by atoms with E-state index in [1.54, 1.807) is 6.92 Å². The fourth-order valence-electron chi connectivity index (χ4n) is 2.50. The maximum atomic E-state index is 10.5. The lowest BCUT2D eigenvalue weighted by Gasteiger charge is -2.44. The number of rotatable bonds is 4.